The first kappa shape index (κ1) is 16.0. The van der Waals surface area contributed by atoms with Crippen LogP contribution < -0.4 is 5.56 Å². The second-order valence-corrected chi connectivity index (χ2v) is 6.22. The summed E-state index contributed by atoms with van der Waals surface area (Å²) in [4.78, 5) is 27.6. The minimum atomic E-state index is -0.509. The molecule has 0 unspecified atom stereocenters. The Hall–Kier alpha value is -3.54. The molecule has 0 aliphatic rings. The lowest BCUT2D eigenvalue weighted by molar-refractivity contribution is -0.384. The molecule has 4 aromatic rings. The van der Waals surface area contributed by atoms with Gasteiger partial charge < -0.3 is 0 Å². The molecule has 128 valence electrons. The van der Waals surface area contributed by atoms with Crippen molar-refractivity contribution < 1.29 is 4.92 Å². The summed E-state index contributed by atoms with van der Waals surface area (Å²) in [5.74, 6) is 0. The van der Waals surface area contributed by atoms with Gasteiger partial charge in [0.05, 0.1) is 28.7 Å². The van der Waals surface area contributed by atoms with Crippen molar-refractivity contribution >= 4 is 27.4 Å². The van der Waals surface area contributed by atoms with Crippen molar-refractivity contribution in [2.75, 3.05) is 0 Å². The zero-order valence-corrected chi connectivity index (χ0v) is 14.0. The van der Waals surface area contributed by atoms with Gasteiger partial charge in [-0.3, -0.25) is 19.5 Å². The summed E-state index contributed by atoms with van der Waals surface area (Å²) in [5, 5.41) is 13.4. The summed E-state index contributed by atoms with van der Waals surface area (Å²) in [5.41, 5.74) is 2.17. The SMILES string of the molecule is Cc1ccc2ccccc2c1Cn1cnc2ccc([N+](=O)[O-])cc2c1=O. The topological polar surface area (TPSA) is 78.0 Å². The first-order chi connectivity index (χ1) is 12.5. The summed E-state index contributed by atoms with van der Waals surface area (Å²) in [6, 6.07) is 16.2. The quantitative estimate of drug-likeness (QED) is 0.418. The first-order valence-corrected chi connectivity index (χ1v) is 8.15. The molecule has 0 fully saturated rings. The van der Waals surface area contributed by atoms with Crippen LogP contribution in [0.25, 0.3) is 21.7 Å². The fourth-order valence-corrected chi connectivity index (χ4v) is 3.20. The number of rotatable bonds is 3. The Bertz CT molecular complexity index is 1230. The Kier molecular flexibility index (Phi) is 3.73. The maximum Gasteiger partial charge on any atom is 0.270 e. The van der Waals surface area contributed by atoms with Crippen LogP contribution in [0.1, 0.15) is 11.1 Å². The van der Waals surface area contributed by atoms with Gasteiger partial charge >= 0.3 is 0 Å². The van der Waals surface area contributed by atoms with Crippen LogP contribution in [0, 0.1) is 17.0 Å². The van der Waals surface area contributed by atoms with E-state index in [1.165, 1.54) is 29.1 Å². The molecule has 4 rings (SSSR count). The van der Waals surface area contributed by atoms with Crippen molar-refractivity contribution in [1.29, 1.82) is 0 Å². The summed E-state index contributed by atoms with van der Waals surface area (Å²) in [7, 11) is 0. The molecule has 0 spiro atoms. The molecular formula is C20H15N3O3. The molecular weight excluding hydrogens is 330 g/mol. The van der Waals surface area contributed by atoms with Gasteiger partial charge in [0.2, 0.25) is 0 Å². The van der Waals surface area contributed by atoms with E-state index in [0.29, 0.717) is 12.1 Å². The summed E-state index contributed by atoms with van der Waals surface area (Å²) in [6.45, 7) is 2.36. The van der Waals surface area contributed by atoms with E-state index >= 15 is 0 Å². The Morgan fingerprint density at radius 1 is 1.08 bits per heavy atom. The van der Waals surface area contributed by atoms with E-state index < -0.39 is 4.92 Å². The number of aromatic nitrogens is 2. The number of nitrogens with zero attached hydrogens (tertiary/aromatic N) is 3. The molecule has 0 saturated heterocycles. The highest BCUT2D eigenvalue weighted by Crippen LogP contribution is 2.23. The van der Waals surface area contributed by atoms with Crippen molar-refractivity contribution in [3.8, 4) is 0 Å². The molecule has 6 nitrogen and oxygen atoms in total. The average Bonchev–Trinajstić information content (AvgIpc) is 2.65. The van der Waals surface area contributed by atoms with E-state index in [1.54, 1.807) is 0 Å². The van der Waals surface area contributed by atoms with Crippen LogP contribution in [0.2, 0.25) is 0 Å². The van der Waals surface area contributed by atoms with Crippen LogP contribution in [0.3, 0.4) is 0 Å². The highest BCUT2D eigenvalue weighted by Gasteiger charge is 2.12. The predicted molar refractivity (Wildman–Crippen MR) is 100 cm³/mol. The van der Waals surface area contributed by atoms with E-state index in [9.17, 15) is 14.9 Å². The van der Waals surface area contributed by atoms with Crippen LogP contribution >= 0.6 is 0 Å². The molecule has 26 heavy (non-hydrogen) atoms. The molecule has 0 amide bonds. The van der Waals surface area contributed by atoms with Gasteiger partial charge in [0.1, 0.15) is 0 Å². The van der Waals surface area contributed by atoms with E-state index in [0.717, 1.165) is 21.9 Å². The Balaban J connectivity index is 1.88. The lowest BCUT2D eigenvalue weighted by Crippen LogP contribution is -2.21. The second-order valence-electron chi connectivity index (χ2n) is 6.22. The Morgan fingerprint density at radius 2 is 1.88 bits per heavy atom. The molecule has 0 N–H and O–H groups in total. The first-order valence-electron chi connectivity index (χ1n) is 8.15. The zero-order valence-electron chi connectivity index (χ0n) is 14.0. The highest BCUT2D eigenvalue weighted by atomic mass is 16.6. The molecule has 0 bridgehead atoms. The molecule has 0 aliphatic heterocycles. The Morgan fingerprint density at radius 3 is 2.69 bits per heavy atom. The predicted octanol–water partition coefficient (Wildman–Crippen LogP) is 3.81. The van der Waals surface area contributed by atoms with Crippen LogP contribution in [-0.4, -0.2) is 14.5 Å². The average molecular weight is 345 g/mol. The fraction of sp³-hybridized carbons (Fsp3) is 0.100. The van der Waals surface area contributed by atoms with Gasteiger partial charge in [-0.1, -0.05) is 36.4 Å². The van der Waals surface area contributed by atoms with Gasteiger partial charge in [-0.25, -0.2) is 4.98 Å². The van der Waals surface area contributed by atoms with Crippen molar-refractivity contribution in [3.63, 3.8) is 0 Å². The molecule has 0 radical (unpaired) electrons. The summed E-state index contributed by atoms with van der Waals surface area (Å²) < 4.78 is 1.50. The van der Waals surface area contributed by atoms with Crippen LogP contribution in [0.4, 0.5) is 5.69 Å². The number of nitro groups is 1. The van der Waals surface area contributed by atoms with Crippen molar-refractivity contribution in [2.24, 2.45) is 0 Å². The van der Waals surface area contributed by atoms with E-state index in [1.807, 2.05) is 37.3 Å². The molecule has 3 aromatic carbocycles. The maximum atomic E-state index is 12.9. The van der Waals surface area contributed by atoms with Crippen molar-refractivity contribution in [1.82, 2.24) is 9.55 Å². The number of fused-ring (bicyclic) bond motifs is 2. The lowest BCUT2D eigenvalue weighted by atomic mass is 9.99. The van der Waals surface area contributed by atoms with Crippen molar-refractivity contribution in [3.05, 3.63) is 92.5 Å². The smallest absolute Gasteiger partial charge is 0.270 e. The maximum absolute atomic E-state index is 12.9. The third-order valence-electron chi connectivity index (χ3n) is 4.62. The van der Waals surface area contributed by atoms with Crippen LogP contribution in [-0.2, 0) is 6.54 Å². The van der Waals surface area contributed by atoms with Crippen molar-refractivity contribution in [2.45, 2.75) is 13.5 Å². The van der Waals surface area contributed by atoms with E-state index in [2.05, 4.69) is 11.1 Å². The molecule has 0 saturated carbocycles. The summed E-state index contributed by atoms with van der Waals surface area (Å²) >= 11 is 0. The monoisotopic (exact) mass is 345 g/mol. The third kappa shape index (κ3) is 2.61. The molecule has 0 aliphatic carbocycles. The van der Waals surface area contributed by atoms with Crippen LogP contribution in [0.15, 0.2) is 65.7 Å². The van der Waals surface area contributed by atoms with Gasteiger partial charge in [-0.05, 0) is 34.9 Å². The lowest BCUT2D eigenvalue weighted by Gasteiger charge is -2.12. The van der Waals surface area contributed by atoms with Gasteiger partial charge in [0.25, 0.3) is 11.2 Å². The zero-order chi connectivity index (χ0) is 18.3. The molecule has 1 aromatic heterocycles. The van der Waals surface area contributed by atoms with Crippen LogP contribution in [0.5, 0.6) is 0 Å². The van der Waals surface area contributed by atoms with E-state index in [-0.39, 0.29) is 16.6 Å². The van der Waals surface area contributed by atoms with Gasteiger partial charge in [0, 0.05) is 12.1 Å². The number of non-ortho nitro benzene ring substituents is 1. The molecule has 1 heterocycles. The van der Waals surface area contributed by atoms with E-state index in [4.69, 9.17) is 0 Å². The summed E-state index contributed by atoms with van der Waals surface area (Å²) in [6.07, 6.45) is 1.50. The number of hydrogen-bond acceptors (Lipinski definition) is 4. The Labute approximate surface area is 148 Å². The number of benzene rings is 3. The standard InChI is InChI=1S/C20H15N3O3/c1-13-6-7-14-4-2-3-5-16(14)18(13)11-22-12-21-19-9-8-15(23(25)26)10-17(19)20(22)24/h2-10,12H,11H2,1H3. The molecule has 6 heteroatoms. The fourth-order valence-electron chi connectivity index (χ4n) is 3.20. The number of aryl methyl sites for hydroxylation is 1. The van der Waals surface area contributed by atoms with Gasteiger partial charge in [0.15, 0.2) is 0 Å². The minimum Gasteiger partial charge on any atom is -0.294 e. The van der Waals surface area contributed by atoms with Gasteiger partial charge in [-0.2, -0.15) is 0 Å². The van der Waals surface area contributed by atoms with Gasteiger partial charge in [-0.15, -0.1) is 0 Å². The minimum absolute atomic E-state index is 0.115. The normalized spacial score (nSPS) is 11.1. The molecule has 0 atom stereocenters. The third-order valence-corrected chi connectivity index (χ3v) is 4.62. The number of hydrogen-bond donors (Lipinski definition) is 0. The second kappa shape index (κ2) is 6.07. The highest BCUT2D eigenvalue weighted by molar-refractivity contribution is 5.87. The number of nitro benzene ring substituents is 1. The largest absolute Gasteiger partial charge is 0.294 e.